The van der Waals surface area contributed by atoms with E-state index in [1.165, 1.54) is 7.11 Å². The van der Waals surface area contributed by atoms with Crippen molar-refractivity contribution >= 4 is 27.6 Å². The average Bonchev–Trinajstić information content (AvgIpc) is 2.40. The molecule has 0 saturated heterocycles. The van der Waals surface area contributed by atoms with Gasteiger partial charge in [0.25, 0.3) is 0 Å². The lowest BCUT2D eigenvalue weighted by Crippen LogP contribution is -2.20. The molecule has 0 radical (unpaired) electrons. The molecule has 0 aliphatic heterocycles. The van der Waals surface area contributed by atoms with E-state index < -0.39 is 44.8 Å². The van der Waals surface area contributed by atoms with E-state index in [0.717, 1.165) is 18.2 Å². The van der Waals surface area contributed by atoms with Gasteiger partial charge in [-0.3, -0.25) is 9.52 Å². The van der Waals surface area contributed by atoms with Crippen LogP contribution in [0.5, 0.6) is 0 Å². The molecule has 0 saturated carbocycles. The average molecular weight is 319 g/mol. The number of hydrogen-bond donors (Lipinski definition) is 2. The van der Waals surface area contributed by atoms with Crippen LogP contribution in [-0.4, -0.2) is 38.3 Å². The Morgan fingerprint density at radius 1 is 1.38 bits per heavy atom. The molecule has 0 amide bonds. The minimum absolute atomic E-state index is 0.0289. The molecule has 1 aromatic carbocycles. The fourth-order valence-electron chi connectivity index (χ4n) is 1.52. The van der Waals surface area contributed by atoms with E-state index in [2.05, 4.69) is 4.74 Å². The lowest BCUT2D eigenvalue weighted by molar-refractivity contribution is -0.140. The molecule has 1 aromatic rings. The summed E-state index contributed by atoms with van der Waals surface area (Å²) in [6.07, 6.45) is -0.140. The molecule has 0 heterocycles. The Hall–Kier alpha value is -2.16. The smallest absolute Gasteiger partial charge is 0.337 e. The predicted octanol–water partition coefficient (Wildman–Crippen LogP) is 1.22. The molecule has 116 valence electrons. The van der Waals surface area contributed by atoms with Crippen LogP contribution in [0.4, 0.5) is 10.1 Å². The molecule has 0 atom stereocenters. The summed E-state index contributed by atoms with van der Waals surface area (Å²) in [7, 11) is -2.80. The van der Waals surface area contributed by atoms with E-state index in [0.29, 0.717) is 0 Å². The Bertz CT molecular complexity index is 643. The highest BCUT2D eigenvalue weighted by molar-refractivity contribution is 7.92. The number of anilines is 1. The highest BCUT2D eigenvalue weighted by atomic mass is 32.2. The first kappa shape index (κ1) is 16.9. The fourth-order valence-corrected chi connectivity index (χ4v) is 2.67. The maximum Gasteiger partial charge on any atom is 0.337 e. The highest BCUT2D eigenvalue weighted by Crippen LogP contribution is 2.21. The second-order valence-electron chi connectivity index (χ2n) is 4.07. The van der Waals surface area contributed by atoms with Crippen LogP contribution in [0.2, 0.25) is 0 Å². The SMILES string of the molecule is COC(=O)CCCS(=O)(=O)Nc1c(F)cccc1C(=O)O. The quantitative estimate of drug-likeness (QED) is 0.731. The Labute approximate surface area is 120 Å². The van der Waals surface area contributed by atoms with Crippen molar-refractivity contribution < 1.29 is 32.2 Å². The molecule has 0 spiro atoms. The van der Waals surface area contributed by atoms with E-state index in [-0.39, 0.29) is 12.8 Å². The number of benzene rings is 1. The van der Waals surface area contributed by atoms with Crippen LogP contribution in [0, 0.1) is 5.82 Å². The molecule has 0 aromatic heterocycles. The molecule has 0 fully saturated rings. The number of esters is 1. The lowest BCUT2D eigenvalue weighted by Gasteiger charge is -2.11. The van der Waals surface area contributed by atoms with E-state index >= 15 is 0 Å². The summed E-state index contributed by atoms with van der Waals surface area (Å²) in [4.78, 5) is 21.8. The van der Waals surface area contributed by atoms with Gasteiger partial charge in [0, 0.05) is 6.42 Å². The van der Waals surface area contributed by atoms with Gasteiger partial charge in [0.1, 0.15) is 5.82 Å². The van der Waals surface area contributed by atoms with Crippen molar-refractivity contribution in [2.24, 2.45) is 0 Å². The van der Waals surface area contributed by atoms with Gasteiger partial charge in [-0.15, -0.1) is 0 Å². The lowest BCUT2D eigenvalue weighted by atomic mass is 10.2. The van der Waals surface area contributed by atoms with Crippen LogP contribution in [0.15, 0.2) is 18.2 Å². The molecule has 7 nitrogen and oxygen atoms in total. The highest BCUT2D eigenvalue weighted by Gasteiger charge is 2.20. The zero-order valence-corrected chi connectivity index (χ0v) is 11.9. The van der Waals surface area contributed by atoms with Gasteiger partial charge in [-0.25, -0.2) is 17.6 Å². The summed E-state index contributed by atoms with van der Waals surface area (Å²) < 4.78 is 43.4. The number of carboxylic acid groups (broad SMARTS) is 1. The minimum atomic E-state index is -3.98. The van der Waals surface area contributed by atoms with Gasteiger partial charge < -0.3 is 9.84 Å². The third-order valence-electron chi connectivity index (χ3n) is 2.52. The number of rotatable bonds is 7. The molecule has 0 aliphatic rings. The zero-order chi connectivity index (χ0) is 16.0. The van der Waals surface area contributed by atoms with Crippen molar-refractivity contribution in [1.29, 1.82) is 0 Å². The van der Waals surface area contributed by atoms with E-state index in [1.54, 1.807) is 0 Å². The summed E-state index contributed by atoms with van der Waals surface area (Å²) in [5.41, 5.74) is -1.12. The van der Waals surface area contributed by atoms with Crippen molar-refractivity contribution in [3.8, 4) is 0 Å². The van der Waals surface area contributed by atoms with Crippen LogP contribution in [0.25, 0.3) is 0 Å². The number of carbonyl (C=O) groups excluding carboxylic acids is 1. The van der Waals surface area contributed by atoms with Gasteiger partial charge in [0.2, 0.25) is 10.0 Å². The van der Waals surface area contributed by atoms with Crippen LogP contribution in [0.3, 0.4) is 0 Å². The number of sulfonamides is 1. The Morgan fingerprint density at radius 2 is 2.05 bits per heavy atom. The summed E-state index contributed by atoms with van der Waals surface area (Å²) in [6.45, 7) is 0. The van der Waals surface area contributed by atoms with Gasteiger partial charge in [-0.05, 0) is 18.6 Å². The summed E-state index contributed by atoms with van der Waals surface area (Å²) in [6, 6.07) is 3.18. The number of nitrogens with one attached hydrogen (secondary N) is 1. The standard InChI is InChI=1S/C12H14FNO6S/c1-20-10(15)6-3-7-21(18,19)14-11-8(12(16)17)4-2-5-9(11)13/h2,4-5,14H,3,6-7H2,1H3,(H,16,17). The van der Waals surface area contributed by atoms with Crippen LogP contribution in [-0.2, 0) is 19.6 Å². The first-order valence-electron chi connectivity index (χ1n) is 5.86. The summed E-state index contributed by atoms with van der Waals surface area (Å²) >= 11 is 0. The number of ether oxygens (including phenoxy) is 1. The molecule has 0 bridgehead atoms. The Balaban J connectivity index is 2.85. The molecule has 0 unspecified atom stereocenters. The van der Waals surface area contributed by atoms with Gasteiger partial charge in [-0.2, -0.15) is 0 Å². The molecule has 0 aliphatic carbocycles. The van der Waals surface area contributed by atoms with E-state index in [9.17, 15) is 22.4 Å². The maximum absolute atomic E-state index is 13.6. The summed E-state index contributed by atoms with van der Waals surface area (Å²) in [5, 5.41) is 8.91. The zero-order valence-electron chi connectivity index (χ0n) is 11.1. The Morgan fingerprint density at radius 3 is 2.62 bits per heavy atom. The topological polar surface area (TPSA) is 110 Å². The second-order valence-corrected chi connectivity index (χ2v) is 5.91. The number of methoxy groups -OCH3 is 1. The molecular weight excluding hydrogens is 305 g/mol. The normalized spacial score (nSPS) is 11.0. The third-order valence-corrected chi connectivity index (χ3v) is 3.86. The van der Waals surface area contributed by atoms with Gasteiger partial charge in [0.15, 0.2) is 0 Å². The molecular formula is C12H14FNO6S. The number of para-hydroxylation sites is 1. The number of carboxylic acids is 1. The van der Waals surface area contributed by atoms with Crippen molar-refractivity contribution in [3.05, 3.63) is 29.6 Å². The molecule has 9 heteroatoms. The molecule has 2 N–H and O–H groups in total. The predicted molar refractivity (Wildman–Crippen MR) is 72.0 cm³/mol. The maximum atomic E-state index is 13.6. The van der Waals surface area contributed by atoms with Gasteiger partial charge >= 0.3 is 11.9 Å². The van der Waals surface area contributed by atoms with Crippen LogP contribution >= 0.6 is 0 Å². The number of carbonyl (C=O) groups is 2. The number of hydrogen-bond acceptors (Lipinski definition) is 5. The molecule has 1 rings (SSSR count). The van der Waals surface area contributed by atoms with E-state index in [1.807, 2.05) is 4.72 Å². The number of aromatic carboxylic acids is 1. The summed E-state index contributed by atoms with van der Waals surface area (Å²) in [5.74, 6) is -3.48. The van der Waals surface area contributed by atoms with Crippen LogP contribution in [0.1, 0.15) is 23.2 Å². The van der Waals surface area contributed by atoms with Crippen molar-refractivity contribution in [2.75, 3.05) is 17.6 Å². The molecule has 21 heavy (non-hydrogen) atoms. The monoisotopic (exact) mass is 319 g/mol. The minimum Gasteiger partial charge on any atom is -0.478 e. The van der Waals surface area contributed by atoms with Crippen LogP contribution < -0.4 is 4.72 Å². The van der Waals surface area contributed by atoms with E-state index in [4.69, 9.17) is 5.11 Å². The van der Waals surface area contributed by atoms with Crippen molar-refractivity contribution in [2.45, 2.75) is 12.8 Å². The number of halogens is 1. The van der Waals surface area contributed by atoms with Gasteiger partial charge in [-0.1, -0.05) is 6.07 Å². The first-order chi connectivity index (χ1) is 9.76. The fraction of sp³-hybridized carbons (Fsp3) is 0.333. The second kappa shape index (κ2) is 7.02. The van der Waals surface area contributed by atoms with Gasteiger partial charge in [0.05, 0.1) is 24.1 Å². The first-order valence-corrected chi connectivity index (χ1v) is 7.51. The third kappa shape index (κ3) is 5.03. The largest absolute Gasteiger partial charge is 0.478 e. The van der Waals surface area contributed by atoms with Crippen molar-refractivity contribution in [1.82, 2.24) is 0 Å². The van der Waals surface area contributed by atoms with Crippen molar-refractivity contribution in [3.63, 3.8) is 0 Å². The Kier molecular flexibility index (Phi) is 5.65.